The maximum Gasteiger partial charge on any atom is 0.278 e. The van der Waals surface area contributed by atoms with Crippen LogP contribution < -0.4 is 14.8 Å². The molecular weight excluding hydrogens is 411 g/mol. The molecule has 0 aromatic heterocycles. The first-order valence-corrected chi connectivity index (χ1v) is 10.1. The zero-order valence-corrected chi connectivity index (χ0v) is 17.2. The van der Waals surface area contributed by atoms with Gasteiger partial charge in [-0.2, -0.15) is 0 Å². The normalized spacial score (nSPS) is 15.0. The number of hydrogen-bond donors (Lipinski definition) is 1. The van der Waals surface area contributed by atoms with Crippen LogP contribution in [0.15, 0.2) is 72.4 Å². The summed E-state index contributed by atoms with van der Waals surface area (Å²) in [7, 11) is 0. The number of amides is 2. The average molecular weight is 430 g/mol. The molecule has 6 nitrogen and oxygen atoms in total. The third kappa shape index (κ3) is 3.58. The van der Waals surface area contributed by atoms with Crippen molar-refractivity contribution in [2.75, 3.05) is 12.1 Å². The number of anilines is 1. The molecular formula is C25H19FN2O4. The number of carbonyl (C=O) groups is 2. The highest BCUT2D eigenvalue weighted by atomic mass is 19.1. The average Bonchev–Trinajstić information content (AvgIpc) is 3.34. The summed E-state index contributed by atoms with van der Waals surface area (Å²) in [4.78, 5) is 27.9. The molecule has 1 N–H and O–H groups in total. The van der Waals surface area contributed by atoms with Gasteiger partial charge < -0.3 is 14.8 Å². The van der Waals surface area contributed by atoms with Crippen molar-refractivity contribution in [3.8, 4) is 11.5 Å². The van der Waals surface area contributed by atoms with Gasteiger partial charge in [-0.1, -0.05) is 42.0 Å². The van der Waals surface area contributed by atoms with Crippen LogP contribution in [0.4, 0.5) is 10.1 Å². The van der Waals surface area contributed by atoms with Gasteiger partial charge in [0.25, 0.3) is 11.8 Å². The summed E-state index contributed by atoms with van der Waals surface area (Å²) in [5.74, 6) is -0.156. The largest absolute Gasteiger partial charge is 0.454 e. The van der Waals surface area contributed by atoms with E-state index < -0.39 is 17.6 Å². The Labute approximate surface area is 183 Å². The van der Waals surface area contributed by atoms with Crippen LogP contribution >= 0.6 is 0 Å². The van der Waals surface area contributed by atoms with Gasteiger partial charge in [0.05, 0.1) is 12.1 Å². The van der Waals surface area contributed by atoms with Gasteiger partial charge in [-0.25, -0.2) is 4.39 Å². The van der Waals surface area contributed by atoms with Crippen molar-refractivity contribution in [2.45, 2.75) is 13.5 Å². The number of rotatable bonds is 5. The molecule has 7 heteroatoms. The topological polar surface area (TPSA) is 67.9 Å². The van der Waals surface area contributed by atoms with Crippen molar-refractivity contribution in [1.82, 2.24) is 4.90 Å². The van der Waals surface area contributed by atoms with Gasteiger partial charge in [-0.15, -0.1) is 0 Å². The molecule has 5 rings (SSSR count). The number of halogens is 1. The first-order valence-electron chi connectivity index (χ1n) is 10.1. The van der Waals surface area contributed by atoms with E-state index in [1.807, 2.05) is 31.2 Å². The lowest BCUT2D eigenvalue weighted by Gasteiger charge is -2.15. The zero-order chi connectivity index (χ0) is 22.2. The predicted molar refractivity (Wildman–Crippen MR) is 116 cm³/mol. The van der Waals surface area contributed by atoms with Gasteiger partial charge in [0.15, 0.2) is 11.5 Å². The molecule has 160 valence electrons. The summed E-state index contributed by atoms with van der Waals surface area (Å²) >= 11 is 0. The van der Waals surface area contributed by atoms with E-state index in [1.54, 1.807) is 18.2 Å². The molecule has 0 atom stereocenters. The number of fused-ring (bicyclic) bond motifs is 1. The Morgan fingerprint density at radius 1 is 0.906 bits per heavy atom. The van der Waals surface area contributed by atoms with Crippen molar-refractivity contribution in [3.63, 3.8) is 0 Å². The van der Waals surface area contributed by atoms with E-state index in [0.29, 0.717) is 22.7 Å². The van der Waals surface area contributed by atoms with Crippen molar-refractivity contribution >= 4 is 23.1 Å². The Kier molecular flexibility index (Phi) is 4.86. The van der Waals surface area contributed by atoms with Crippen molar-refractivity contribution in [3.05, 3.63) is 94.9 Å². The maximum absolute atomic E-state index is 13.5. The Balaban J connectivity index is 1.52. The molecule has 2 aliphatic heterocycles. The minimum Gasteiger partial charge on any atom is -0.454 e. The number of nitrogens with one attached hydrogen (secondary N) is 1. The third-order valence-corrected chi connectivity index (χ3v) is 5.40. The summed E-state index contributed by atoms with van der Waals surface area (Å²) in [6, 6.07) is 18.3. The molecule has 32 heavy (non-hydrogen) atoms. The van der Waals surface area contributed by atoms with Crippen LogP contribution in [0.3, 0.4) is 0 Å². The second kappa shape index (κ2) is 7.85. The van der Waals surface area contributed by atoms with Crippen LogP contribution in [0.25, 0.3) is 5.57 Å². The molecule has 0 saturated carbocycles. The summed E-state index contributed by atoms with van der Waals surface area (Å²) in [6.07, 6.45) is 0. The number of carbonyl (C=O) groups excluding carboxylic acids is 2. The Morgan fingerprint density at radius 3 is 2.38 bits per heavy atom. The molecule has 3 aromatic rings. The molecule has 0 spiro atoms. The minimum absolute atomic E-state index is 0.129. The maximum atomic E-state index is 13.5. The zero-order valence-electron chi connectivity index (χ0n) is 17.2. The van der Waals surface area contributed by atoms with Gasteiger partial charge in [0, 0.05) is 11.8 Å². The van der Waals surface area contributed by atoms with Crippen LogP contribution in [0.2, 0.25) is 0 Å². The molecule has 0 aliphatic carbocycles. The van der Waals surface area contributed by atoms with E-state index in [9.17, 15) is 14.0 Å². The van der Waals surface area contributed by atoms with Crippen LogP contribution in [0.5, 0.6) is 11.5 Å². The van der Waals surface area contributed by atoms with E-state index in [1.165, 1.54) is 29.2 Å². The van der Waals surface area contributed by atoms with Crippen LogP contribution in [0.1, 0.15) is 16.7 Å². The molecule has 0 radical (unpaired) electrons. The number of nitrogens with zero attached hydrogens (tertiary/aromatic N) is 1. The Bertz CT molecular complexity index is 1250. The lowest BCUT2D eigenvalue weighted by Crippen LogP contribution is -2.32. The smallest absolute Gasteiger partial charge is 0.278 e. The quantitative estimate of drug-likeness (QED) is 0.613. The van der Waals surface area contributed by atoms with Crippen molar-refractivity contribution < 1.29 is 23.5 Å². The minimum atomic E-state index is -0.451. The van der Waals surface area contributed by atoms with Crippen LogP contribution in [-0.4, -0.2) is 23.5 Å². The predicted octanol–water partition coefficient (Wildman–Crippen LogP) is 4.26. The highest BCUT2D eigenvalue weighted by Gasteiger charge is 2.39. The highest BCUT2D eigenvalue weighted by molar-refractivity contribution is 6.36. The molecule has 0 fully saturated rings. The third-order valence-electron chi connectivity index (χ3n) is 5.40. The number of imide groups is 1. The Morgan fingerprint density at radius 2 is 1.62 bits per heavy atom. The van der Waals surface area contributed by atoms with E-state index >= 15 is 0 Å². The van der Waals surface area contributed by atoms with Crippen LogP contribution in [-0.2, 0) is 16.1 Å². The summed E-state index contributed by atoms with van der Waals surface area (Å²) < 4.78 is 24.2. The van der Waals surface area contributed by atoms with E-state index in [0.717, 1.165) is 11.1 Å². The van der Waals surface area contributed by atoms with Crippen LogP contribution in [0, 0.1) is 12.7 Å². The number of benzene rings is 3. The van der Waals surface area contributed by atoms with Crippen molar-refractivity contribution in [2.24, 2.45) is 0 Å². The standard InChI is InChI=1S/C25H19FN2O4/c1-15-2-4-16(5-3-15)13-28-24(29)22(17-6-8-18(26)9-7-17)23(25(28)30)27-19-10-11-20-21(12-19)32-14-31-20/h2-12,27H,13-14H2,1H3. The second-order valence-electron chi connectivity index (χ2n) is 7.63. The first kappa shape index (κ1) is 19.8. The highest BCUT2D eigenvalue weighted by Crippen LogP contribution is 2.36. The molecule has 2 aliphatic rings. The lowest BCUT2D eigenvalue weighted by molar-refractivity contribution is -0.137. The SMILES string of the molecule is Cc1ccc(CN2C(=O)C(Nc3ccc4c(c3)OCO4)=C(c3ccc(F)cc3)C2=O)cc1. The van der Waals surface area contributed by atoms with E-state index in [4.69, 9.17) is 9.47 Å². The summed E-state index contributed by atoms with van der Waals surface area (Å²) in [5, 5.41) is 3.08. The molecule has 2 heterocycles. The molecule has 0 saturated heterocycles. The fraction of sp³-hybridized carbons (Fsp3) is 0.120. The van der Waals surface area contributed by atoms with Gasteiger partial charge >= 0.3 is 0 Å². The number of hydrogen-bond acceptors (Lipinski definition) is 5. The van der Waals surface area contributed by atoms with Gasteiger partial charge in [0.1, 0.15) is 11.5 Å². The van der Waals surface area contributed by atoms with Gasteiger partial charge in [0.2, 0.25) is 6.79 Å². The monoisotopic (exact) mass is 430 g/mol. The molecule has 0 bridgehead atoms. The van der Waals surface area contributed by atoms with Crippen molar-refractivity contribution in [1.29, 1.82) is 0 Å². The fourth-order valence-corrected chi connectivity index (χ4v) is 3.71. The summed E-state index contributed by atoms with van der Waals surface area (Å²) in [6.45, 7) is 2.23. The molecule has 2 amide bonds. The summed E-state index contributed by atoms with van der Waals surface area (Å²) in [5.41, 5.74) is 3.28. The molecule has 3 aromatic carbocycles. The molecule has 0 unspecified atom stereocenters. The van der Waals surface area contributed by atoms with E-state index in [-0.39, 0.29) is 24.6 Å². The van der Waals surface area contributed by atoms with E-state index in [2.05, 4.69) is 5.32 Å². The first-order chi connectivity index (χ1) is 15.5. The number of aryl methyl sites for hydroxylation is 1. The fourth-order valence-electron chi connectivity index (χ4n) is 3.71. The Hall–Kier alpha value is -4.13. The second-order valence-corrected chi connectivity index (χ2v) is 7.63. The number of ether oxygens (including phenoxy) is 2. The lowest BCUT2D eigenvalue weighted by atomic mass is 10.0. The van der Waals surface area contributed by atoms with Gasteiger partial charge in [-0.05, 0) is 42.3 Å². The van der Waals surface area contributed by atoms with Gasteiger partial charge in [-0.3, -0.25) is 14.5 Å².